The number of rotatable bonds is 4. The molecule has 1 aromatic rings. The van der Waals surface area contributed by atoms with Crippen LogP contribution in [0.5, 0.6) is 0 Å². The molecule has 0 saturated carbocycles. The molecule has 1 saturated heterocycles. The van der Waals surface area contributed by atoms with Crippen molar-refractivity contribution in [1.29, 1.82) is 0 Å². The minimum Gasteiger partial charge on any atom is -0.379 e. The summed E-state index contributed by atoms with van der Waals surface area (Å²) >= 11 is 0. The van der Waals surface area contributed by atoms with Gasteiger partial charge in [0.2, 0.25) is 10.0 Å². The van der Waals surface area contributed by atoms with Crippen LogP contribution in [0.25, 0.3) is 10.4 Å². The van der Waals surface area contributed by atoms with Gasteiger partial charge in [0, 0.05) is 18.0 Å². The Morgan fingerprint density at radius 1 is 1.40 bits per heavy atom. The minimum atomic E-state index is -3.82. The summed E-state index contributed by atoms with van der Waals surface area (Å²) in [6.45, 7) is 0.912. The number of morpholine rings is 1. The number of halogens is 1. The van der Waals surface area contributed by atoms with Crippen molar-refractivity contribution in [3.63, 3.8) is 0 Å². The second kappa shape index (κ2) is 6.19. The van der Waals surface area contributed by atoms with Gasteiger partial charge in [0.25, 0.3) is 0 Å². The van der Waals surface area contributed by atoms with Crippen molar-refractivity contribution in [1.82, 2.24) is 4.31 Å². The van der Waals surface area contributed by atoms with Crippen LogP contribution < -0.4 is 0 Å². The topological polar surface area (TPSA) is 95.4 Å². The van der Waals surface area contributed by atoms with Crippen LogP contribution in [0.1, 0.15) is 5.56 Å². The lowest BCUT2D eigenvalue weighted by atomic mass is 10.2. The summed E-state index contributed by atoms with van der Waals surface area (Å²) in [5, 5.41) is 3.34. The van der Waals surface area contributed by atoms with Gasteiger partial charge in [-0.2, -0.15) is 4.31 Å². The van der Waals surface area contributed by atoms with Gasteiger partial charge in [0.1, 0.15) is 5.82 Å². The zero-order chi connectivity index (χ0) is 14.6. The summed E-state index contributed by atoms with van der Waals surface area (Å²) in [4.78, 5) is 2.43. The molecule has 0 aliphatic carbocycles. The Hall–Kier alpha value is -1.67. The number of sulfonamides is 1. The molecule has 0 amide bonds. The van der Waals surface area contributed by atoms with Gasteiger partial charge in [-0.05, 0) is 23.2 Å². The van der Waals surface area contributed by atoms with Crippen LogP contribution in [0.15, 0.2) is 28.2 Å². The fraction of sp³-hybridized carbons (Fsp3) is 0.455. The SMILES string of the molecule is [N-]=[N+]=NCc1ccc(F)cc1S(=O)(=O)N1CCOCC1. The lowest BCUT2D eigenvalue weighted by Gasteiger charge is -2.26. The zero-order valence-electron chi connectivity index (χ0n) is 10.6. The fourth-order valence-corrected chi connectivity index (χ4v) is 3.57. The summed E-state index contributed by atoms with van der Waals surface area (Å²) in [7, 11) is -3.82. The number of azide groups is 1. The summed E-state index contributed by atoms with van der Waals surface area (Å²) in [6, 6.07) is 3.41. The predicted octanol–water partition coefficient (Wildman–Crippen LogP) is 1.66. The van der Waals surface area contributed by atoms with E-state index in [1.165, 1.54) is 10.4 Å². The maximum Gasteiger partial charge on any atom is 0.243 e. The summed E-state index contributed by atoms with van der Waals surface area (Å²) < 4.78 is 44.7. The second-order valence-electron chi connectivity index (χ2n) is 4.16. The first kappa shape index (κ1) is 14.7. The van der Waals surface area contributed by atoms with Crippen LogP contribution in [-0.4, -0.2) is 39.0 Å². The summed E-state index contributed by atoms with van der Waals surface area (Å²) in [5.74, 6) is -0.651. The molecule has 20 heavy (non-hydrogen) atoms. The van der Waals surface area contributed by atoms with Gasteiger partial charge < -0.3 is 4.74 Å². The van der Waals surface area contributed by atoms with Crippen molar-refractivity contribution in [2.45, 2.75) is 11.4 Å². The molecule has 1 fully saturated rings. The average molecular weight is 300 g/mol. The first-order chi connectivity index (χ1) is 9.55. The molecule has 0 bridgehead atoms. The molecule has 0 aromatic heterocycles. The number of benzene rings is 1. The molecule has 1 aliphatic heterocycles. The van der Waals surface area contributed by atoms with E-state index in [9.17, 15) is 12.8 Å². The molecule has 0 radical (unpaired) electrons. The summed E-state index contributed by atoms with van der Waals surface area (Å²) in [5.41, 5.74) is 8.61. The van der Waals surface area contributed by atoms with E-state index in [2.05, 4.69) is 10.0 Å². The van der Waals surface area contributed by atoms with Crippen LogP contribution in [-0.2, 0) is 21.3 Å². The highest BCUT2D eigenvalue weighted by molar-refractivity contribution is 7.89. The van der Waals surface area contributed by atoms with E-state index in [4.69, 9.17) is 10.3 Å². The van der Waals surface area contributed by atoms with Gasteiger partial charge >= 0.3 is 0 Å². The molecule has 2 rings (SSSR count). The Morgan fingerprint density at radius 3 is 2.75 bits per heavy atom. The van der Waals surface area contributed by atoms with Gasteiger partial charge in [0.05, 0.1) is 24.7 Å². The van der Waals surface area contributed by atoms with Crippen LogP contribution in [0.2, 0.25) is 0 Å². The predicted molar refractivity (Wildman–Crippen MR) is 68.8 cm³/mol. The van der Waals surface area contributed by atoms with E-state index in [-0.39, 0.29) is 30.1 Å². The van der Waals surface area contributed by atoms with Crippen LogP contribution >= 0.6 is 0 Å². The number of hydrogen-bond acceptors (Lipinski definition) is 4. The molecular formula is C11H13FN4O3S. The second-order valence-corrected chi connectivity index (χ2v) is 6.06. The highest BCUT2D eigenvalue weighted by Gasteiger charge is 2.28. The van der Waals surface area contributed by atoms with Crippen LogP contribution in [0.4, 0.5) is 4.39 Å². The highest BCUT2D eigenvalue weighted by atomic mass is 32.2. The molecule has 0 N–H and O–H groups in total. The molecule has 0 unspecified atom stereocenters. The Morgan fingerprint density at radius 2 is 2.10 bits per heavy atom. The monoisotopic (exact) mass is 300 g/mol. The van der Waals surface area contributed by atoms with Crippen molar-refractivity contribution >= 4 is 10.0 Å². The van der Waals surface area contributed by atoms with Crippen LogP contribution in [0.3, 0.4) is 0 Å². The zero-order valence-corrected chi connectivity index (χ0v) is 11.4. The van der Waals surface area contributed by atoms with E-state index in [0.29, 0.717) is 13.2 Å². The first-order valence-electron chi connectivity index (χ1n) is 5.93. The lowest BCUT2D eigenvalue weighted by Crippen LogP contribution is -2.40. The number of ether oxygens (including phenoxy) is 1. The normalized spacial score (nSPS) is 16.6. The Labute approximate surface area is 115 Å². The molecule has 9 heteroatoms. The largest absolute Gasteiger partial charge is 0.379 e. The van der Waals surface area contributed by atoms with Crippen molar-refractivity contribution in [2.24, 2.45) is 5.11 Å². The lowest BCUT2D eigenvalue weighted by molar-refractivity contribution is 0.0730. The van der Waals surface area contributed by atoms with E-state index in [0.717, 1.165) is 12.1 Å². The molecule has 7 nitrogen and oxygen atoms in total. The molecule has 0 spiro atoms. The van der Waals surface area contributed by atoms with E-state index in [1.807, 2.05) is 0 Å². The summed E-state index contributed by atoms with van der Waals surface area (Å²) in [6.07, 6.45) is 0. The third-order valence-corrected chi connectivity index (χ3v) is 4.90. The molecule has 1 aliphatic rings. The van der Waals surface area contributed by atoms with Crippen molar-refractivity contribution in [3.8, 4) is 0 Å². The Balaban J connectivity index is 2.43. The maximum absolute atomic E-state index is 13.4. The van der Waals surface area contributed by atoms with E-state index < -0.39 is 15.8 Å². The highest BCUT2D eigenvalue weighted by Crippen LogP contribution is 2.23. The van der Waals surface area contributed by atoms with Crippen molar-refractivity contribution < 1.29 is 17.5 Å². The molecule has 1 aromatic carbocycles. The van der Waals surface area contributed by atoms with E-state index >= 15 is 0 Å². The van der Waals surface area contributed by atoms with Gasteiger partial charge in [-0.15, -0.1) is 0 Å². The third kappa shape index (κ3) is 3.07. The average Bonchev–Trinajstić information content (AvgIpc) is 2.47. The van der Waals surface area contributed by atoms with Crippen LogP contribution in [0, 0.1) is 5.82 Å². The minimum absolute atomic E-state index is 0.143. The Kier molecular flexibility index (Phi) is 4.56. The van der Waals surface area contributed by atoms with Gasteiger partial charge in [-0.25, -0.2) is 12.8 Å². The van der Waals surface area contributed by atoms with E-state index in [1.54, 1.807) is 0 Å². The first-order valence-corrected chi connectivity index (χ1v) is 7.37. The molecular weight excluding hydrogens is 287 g/mol. The fourth-order valence-electron chi connectivity index (χ4n) is 1.93. The third-order valence-electron chi connectivity index (χ3n) is 2.92. The maximum atomic E-state index is 13.4. The van der Waals surface area contributed by atoms with Gasteiger partial charge in [-0.1, -0.05) is 11.2 Å². The smallest absolute Gasteiger partial charge is 0.243 e. The van der Waals surface area contributed by atoms with Crippen molar-refractivity contribution in [2.75, 3.05) is 26.3 Å². The quantitative estimate of drug-likeness (QED) is 0.480. The Bertz CT molecular complexity index is 637. The number of hydrogen-bond donors (Lipinski definition) is 0. The molecule has 108 valence electrons. The number of nitrogens with zero attached hydrogens (tertiary/aromatic N) is 4. The standard InChI is InChI=1S/C11H13FN4O3S/c12-10-2-1-9(8-14-15-13)11(7-10)20(17,18)16-3-5-19-6-4-16/h1-2,7H,3-6,8H2. The van der Waals surface area contributed by atoms with Gasteiger partial charge in [-0.3, -0.25) is 0 Å². The van der Waals surface area contributed by atoms with Gasteiger partial charge in [0.15, 0.2) is 0 Å². The molecule has 1 heterocycles. The molecule has 0 atom stereocenters. The van der Waals surface area contributed by atoms with Crippen molar-refractivity contribution in [3.05, 3.63) is 40.0 Å².